The third-order valence-electron chi connectivity index (χ3n) is 3.09. The number of carbonyl (C=O) groups is 1. The average Bonchev–Trinajstić information content (AvgIpc) is 2.51. The van der Waals surface area contributed by atoms with Gasteiger partial charge in [0.05, 0.1) is 5.56 Å². The highest BCUT2D eigenvalue weighted by molar-refractivity contribution is 5.94. The third kappa shape index (κ3) is 4.87. The highest BCUT2D eigenvalue weighted by Crippen LogP contribution is 2.11. The van der Waals surface area contributed by atoms with Crippen LogP contribution < -0.4 is 16.0 Å². The molecule has 24 heavy (non-hydrogen) atoms. The minimum Gasteiger partial charge on any atom is -0.370 e. The van der Waals surface area contributed by atoms with E-state index < -0.39 is 17.5 Å². The maximum atomic E-state index is 13.5. The van der Waals surface area contributed by atoms with Gasteiger partial charge in [-0.3, -0.25) is 4.79 Å². The van der Waals surface area contributed by atoms with Crippen molar-refractivity contribution >= 4 is 17.5 Å². The Hall–Kier alpha value is -2.77. The van der Waals surface area contributed by atoms with Crippen molar-refractivity contribution in [2.75, 3.05) is 30.3 Å². The van der Waals surface area contributed by atoms with E-state index in [4.69, 9.17) is 0 Å². The molecule has 0 radical (unpaired) electrons. The number of hydrogen-bond donors (Lipinski definition) is 3. The fourth-order valence-corrected chi connectivity index (χ4v) is 2.07. The van der Waals surface area contributed by atoms with Crippen LogP contribution in [-0.4, -0.2) is 35.5 Å². The van der Waals surface area contributed by atoms with E-state index in [1.807, 2.05) is 6.92 Å². The summed E-state index contributed by atoms with van der Waals surface area (Å²) in [5, 5.41) is 8.71. The molecule has 0 aliphatic carbocycles. The van der Waals surface area contributed by atoms with Crippen molar-refractivity contribution in [3.05, 3.63) is 47.3 Å². The van der Waals surface area contributed by atoms with Gasteiger partial charge < -0.3 is 16.0 Å². The van der Waals surface area contributed by atoms with Crippen molar-refractivity contribution in [3.8, 4) is 0 Å². The molecular weight excluding hydrogens is 316 g/mol. The lowest BCUT2D eigenvalue weighted by atomic mass is 10.2. The molecule has 0 atom stereocenters. The van der Waals surface area contributed by atoms with Crippen LogP contribution in [0.4, 0.5) is 20.4 Å². The number of carbonyl (C=O) groups excluding carboxylic acids is 1. The number of nitrogens with zero attached hydrogens (tertiary/aromatic N) is 2. The lowest BCUT2D eigenvalue weighted by molar-refractivity contribution is 0.0951. The number of aryl methyl sites for hydroxylation is 1. The molecular formula is C16H19F2N5O. The molecule has 1 amide bonds. The van der Waals surface area contributed by atoms with Gasteiger partial charge in [-0.05, 0) is 26.0 Å². The first-order valence-electron chi connectivity index (χ1n) is 7.56. The normalized spacial score (nSPS) is 10.3. The fourth-order valence-electron chi connectivity index (χ4n) is 2.07. The molecule has 0 unspecified atom stereocenters. The van der Waals surface area contributed by atoms with Crippen LogP contribution in [0.15, 0.2) is 24.3 Å². The van der Waals surface area contributed by atoms with Gasteiger partial charge in [0.1, 0.15) is 29.1 Å². The number of aromatic nitrogens is 2. The first-order chi connectivity index (χ1) is 11.5. The largest absolute Gasteiger partial charge is 0.370 e. The second-order valence-corrected chi connectivity index (χ2v) is 5.02. The number of nitrogens with one attached hydrogen (secondary N) is 3. The summed E-state index contributed by atoms with van der Waals surface area (Å²) in [5.74, 6) is -0.246. The first-order valence-corrected chi connectivity index (χ1v) is 7.56. The Morgan fingerprint density at radius 1 is 1.08 bits per heavy atom. The van der Waals surface area contributed by atoms with E-state index in [0.717, 1.165) is 18.7 Å². The number of rotatable bonds is 7. The molecule has 2 rings (SSSR count). The summed E-state index contributed by atoms with van der Waals surface area (Å²) in [6, 6.07) is 4.60. The lowest BCUT2D eigenvalue weighted by Crippen LogP contribution is -2.29. The summed E-state index contributed by atoms with van der Waals surface area (Å²) in [6.45, 7) is 5.15. The minimum absolute atomic E-state index is 0.191. The van der Waals surface area contributed by atoms with Crippen LogP contribution in [-0.2, 0) is 0 Å². The third-order valence-corrected chi connectivity index (χ3v) is 3.09. The monoisotopic (exact) mass is 335 g/mol. The maximum absolute atomic E-state index is 13.5. The molecule has 1 aromatic heterocycles. The van der Waals surface area contributed by atoms with Crippen LogP contribution in [0.3, 0.4) is 0 Å². The van der Waals surface area contributed by atoms with Crippen molar-refractivity contribution < 1.29 is 13.6 Å². The Morgan fingerprint density at radius 3 is 2.46 bits per heavy atom. The van der Waals surface area contributed by atoms with E-state index in [1.54, 1.807) is 13.0 Å². The van der Waals surface area contributed by atoms with E-state index in [9.17, 15) is 13.6 Å². The minimum atomic E-state index is -0.887. The maximum Gasteiger partial charge on any atom is 0.254 e. The molecule has 1 aromatic carbocycles. The van der Waals surface area contributed by atoms with E-state index >= 15 is 0 Å². The molecule has 0 spiro atoms. The van der Waals surface area contributed by atoms with Crippen LogP contribution in [0, 0.1) is 18.6 Å². The van der Waals surface area contributed by atoms with Gasteiger partial charge in [0, 0.05) is 31.8 Å². The topological polar surface area (TPSA) is 78.9 Å². The molecule has 0 bridgehead atoms. The van der Waals surface area contributed by atoms with E-state index in [-0.39, 0.29) is 12.1 Å². The second-order valence-electron chi connectivity index (χ2n) is 5.02. The van der Waals surface area contributed by atoms with Crippen LogP contribution in [0.1, 0.15) is 23.1 Å². The Morgan fingerprint density at radius 2 is 1.79 bits per heavy atom. The molecule has 8 heteroatoms. The summed E-state index contributed by atoms with van der Waals surface area (Å²) >= 11 is 0. The van der Waals surface area contributed by atoms with E-state index in [2.05, 4.69) is 25.9 Å². The van der Waals surface area contributed by atoms with Crippen LogP contribution in [0.5, 0.6) is 0 Å². The molecule has 0 saturated carbocycles. The van der Waals surface area contributed by atoms with E-state index in [1.165, 1.54) is 0 Å². The molecule has 6 nitrogen and oxygen atoms in total. The smallest absolute Gasteiger partial charge is 0.254 e. The Kier molecular flexibility index (Phi) is 6.00. The molecule has 3 N–H and O–H groups in total. The Bertz CT molecular complexity index is 724. The molecule has 128 valence electrons. The van der Waals surface area contributed by atoms with Gasteiger partial charge in [-0.2, -0.15) is 0 Å². The van der Waals surface area contributed by atoms with Crippen LogP contribution >= 0.6 is 0 Å². The summed E-state index contributed by atoms with van der Waals surface area (Å²) in [4.78, 5) is 20.3. The number of benzene rings is 1. The predicted molar refractivity (Wildman–Crippen MR) is 88.1 cm³/mol. The van der Waals surface area contributed by atoms with Gasteiger partial charge in [-0.25, -0.2) is 18.7 Å². The number of amides is 1. The number of hydrogen-bond acceptors (Lipinski definition) is 5. The van der Waals surface area contributed by atoms with Gasteiger partial charge in [0.2, 0.25) is 0 Å². The molecule has 2 aromatic rings. The van der Waals surface area contributed by atoms with Gasteiger partial charge in [0.15, 0.2) is 0 Å². The summed E-state index contributed by atoms with van der Waals surface area (Å²) in [5.41, 5.74) is -0.191. The number of anilines is 2. The van der Waals surface area contributed by atoms with Gasteiger partial charge in [-0.1, -0.05) is 0 Å². The highest BCUT2D eigenvalue weighted by atomic mass is 19.1. The van der Waals surface area contributed by atoms with Crippen LogP contribution in [0.2, 0.25) is 0 Å². The fraction of sp³-hybridized carbons (Fsp3) is 0.312. The van der Waals surface area contributed by atoms with Gasteiger partial charge in [0.25, 0.3) is 5.91 Å². The molecule has 1 heterocycles. The van der Waals surface area contributed by atoms with E-state index in [0.29, 0.717) is 30.1 Å². The van der Waals surface area contributed by atoms with Crippen molar-refractivity contribution in [1.82, 2.24) is 15.3 Å². The van der Waals surface area contributed by atoms with Crippen molar-refractivity contribution in [2.24, 2.45) is 0 Å². The van der Waals surface area contributed by atoms with Crippen LogP contribution in [0.25, 0.3) is 0 Å². The zero-order valence-electron chi connectivity index (χ0n) is 13.5. The molecule has 0 fully saturated rings. The Balaban J connectivity index is 1.85. The summed E-state index contributed by atoms with van der Waals surface area (Å²) in [6.07, 6.45) is 0. The molecule has 0 saturated heterocycles. The summed E-state index contributed by atoms with van der Waals surface area (Å²) < 4.78 is 26.3. The summed E-state index contributed by atoms with van der Waals surface area (Å²) in [7, 11) is 0. The second kappa shape index (κ2) is 8.19. The van der Waals surface area contributed by atoms with Gasteiger partial charge >= 0.3 is 0 Å². The molecule has 0 aliphatic rings. The average molecular weight is 335 g/mol. The Labute approximate surface area is 138 Å². The zero-order chi connectivity index (χ0) is 17.5. The highest BCUT2D eigenvalue weighted by Gasteiger charge is 2.11. The SMILES string of the molecule is CCNc1cc(NCCNC(=O)c2ccc(F)cc2F)nc(C)n1. The lowest BCUT2D eigenvalue weighted by Gasteiger charge is -2.10. The van der Waals surface area contributed by atoms with Crippen molar-refractivity contribution in [1.29, 1.82) is 0 Å². The van der Waals surface area contributed by atoms with Crippen molar-refractivity contribution in [2.45, 2.75) is 13.8 Å². The van der Waals surface area contributed by atoms with Gasteiger partial charge in [-0.15, -0.1) is 0 Å². The molecule has 0 aliphatic heterocycles. The number of halogens is 2. The standard InChI is InChI=1S/C16H19F2N5O/c1-3-19-14-9-15(23-10(2)22-14)20-6-7-21-16(24)12-5-4-11(17)8-13(12)18/h4-5,8-9H,3,6-7H2,1-2H3,(H,21,24)(H2,19,20,22,23). The first kappa shape index (κ1) is 17.6. The zero-order valence-corrected chi connectivity index (χ0v) is 13.5. The van der Waals surface area contributed by atoms with Crippen molar-refractivity contribution in [3.63, 3.8) is 0 Å². The predicted octanol–water partition coefficient (Wildman–Crippen LogP) is 2.34. The quantitative estimate of drug-likeness (QED) is 0.677.